The van der Waals surface area contributed by atoms with Crippen molar-refractivity contribution in [1.29, 1.82) is 0 Å². The van der Waals surface area contributed by atoms with Gasteiger partial charge in [-0.2, -0.15) is 0 Å². The van der Waals surface area contributed by atoms with E-state index < -0.39 is 6.10 Å². The zero-order valence-corrected chi connectivity index (χ0v) is 11.9. The molecular formula is C14H22N2OS. The van der Waals surface area contributed by atoms with Gasteiger partial charge in [0, 0.05) is 37.1 Å². The normalized spacial score (nSPS) is 20.6. The summed E-state index contributed by atoms with van der Waals surface area (Å²) in [7, 11) is 0. The van der Waals surface area contributed by atoms with Crippen LogP contribution in [0.4, 0.5) is 0 Å². The number of nitrogens with one attached hydrogen (secondary N) is 1. The Labute approximate surface area is 114 Å². The minimum absolute atomic E-state index is 0.173. The maximum absolute atomic E-state index is 10.4. The van der Waals surface area contributed by atoms with E-state index in [0.717, 1.165) is 31.7 Å². The summed E-state index contributed by atoms with van der Waals surface area (Å²) in [5, 5.41) is 13.8. The van der Waals surface area contributed by atoms with E-state index >= 15 is 0 Å². The van der Waals surface area contributed by atoms with Crippen LogP contribution in [0.1, 0.15) is 18.6 Å². The minimum Gasteiger partial charge on any atom is -0.387 e. The van der Waals surface area contributed by atoms with Gasteiger partial charge in [0.05, 0.1) is 6.10 Å². The average molecular weight is 266 g/mol. The van der Waals surface area contributed by atoms with E-state index in [9.17, 15) is 5.11 Å². The van der Waals surface area contributed by atoms with Crippen LogP contribution in [0.3, 0.4) is 0 Å². The highest BCUT2D eigenvalue weighted by molar-refractivity contribution is 7.98. The Bertz CT molecular complexity index is 363. The SMILES string of the molecule is CSc1ccc(C(O)C(C)N2CCNCC2)cc1. The molecule has 1 aromatic carbocycles. The van der Waals surface area contributed by atoms with Crippen molar-refractivity contribution in [1.82, 2.24) is 10.2 Å². The number of aliphatic hydroxyl groups is 1. The lowest BCUT2D eigenvalue weighted by atomic mass is 10.0. The molecule has 2 unspecified atom stereocenters. The van der Waals surface area contributed by atoms with Gasteiger partial charge in [-0.1, -0.05) is 12.1 Å². The zero-order chi connectivity index (χ0) is 13.0. The largest absolute Gasteiger partial charge is 0.387 e. The van der Waals surface area contributed by atoms with Gasteiger partial charge < -0.3 is 10.4 Å². The molecule has 1 aliphatic heterocycles. The lowest BCUT2D eigenvalue weighted by Crippen LogP contribution is -2.49. The standard InChI is InChI=1S/C14H22N2OS/c1-11(16-9-7-15-8-10-16)14(17)12-3-5-13(18-2)6-4-12/h3-6,11,14-15,17H,7-10H2,1-2H3. The summed E-state index contributed by atoms with van der Waals surface area (Å²) in [4.78, 5) is 3.59. The summed E-state index contributed by atoms with van der Waals surface area (Å²) >= 11 is 1.73. The highest BCUT2D eigenvalue weighted by atomic mass is 32.2. The fourth-order valence-corrected chi connectivity index (χ4v) is 2.78. The molecule has 0 aromatic heterocycles. The number of benzene rings is 1. The molecule has 2 rings (SSSR count). The first-order chi connectivity index (χ1) is 8.72. The molecule has 1 fully saturated rings. The number of rotatable bonds is 4. The van der Waals surface area contributed by atoms with Crippen LogP contribution in [0.5, 0.6) is 0 Å². The molecule has 3 nitrogen and oxygen atoms in total. The van der Waals surface area contributed by atoms with Crippen molar-refractivity contribution < 1.29 is 5.11 Å². The summed E-state index contributed by atoms with van der Waals surface area (Å²) in [6.07, 6.45) is 1.66. The smallest absolute Gasteiger partial charge is 0.0942 e. The van der Waals surface area contributed by atoms with Gasteiger partial charge in [-0.05, 0) is 30.9 Å². The highest BCUT2D eigenvalue weighted by Crippen LogP contribution is 2.23. The molecule has 0 amide bonds. The molecule has 1 aromatic rings. The first-order valence-corrected chi connectivity index (χ1v) is 7.71. The number of aliphatic hydroxyl groups excluding tert-OH is 1. The number of piperazine rings is 1. The Morgan fingerprint density at radius 1 is 1.22 bits per heavy atom. The zero-order valence-electron chi connectivity index (χ0n) is 11.1. The molecule has 1 saturated heterocycles. The van der Waals surface area contributed by atoms with E-state index in [4.69, 9.17) is 0 Å². The van der Waals surface area contributed by atoms with Crippen molar-refractivity contribution in [2.75, 3.05) is 32.4 Å². The second-order valence-corrected chi connectivity index (χ2v) is 5.62. The lowest BCUT2D eigenvalue weighted by molar-refractivity contribution is 0.0510. The molecule has 2 atom stereocenters. The van der Waals surface area contributed by atoms with Crippen molar-refractivity contribution in [3.63, 3.8) is 0 Å². The third-order valence-electron chi connectivity index (χ3n) is 3.64. The van der Waals surface area contributed by atoms with E-state index in [1.807, 2.05) is 12.1 Å². The molecule has 0 saturated carbocycles. The Hall–Kier alpha value is -0.550. The van der Waals surface area contributed by atoms with Crippen LogP contribution in [0.25, 0.3) is 0 Å². The number of hydrogen-bond acceptors (Lipinski definition) is 4. The van der Waals surface area contributed by atoms with Gasteiger partial charge in [-0.15, -0.1) is 11.8 Å². The third kappa shape index (κ3) is 3.26. The quantitative estimate of drug-likeness (QED) is 0.814. The van der Waals surface area contributed by atoms with Gasteiger partial charge in [-0.3, -0.25) is 4.90 Å². The predicted molar refractivity (Wildman–Crippen MR) is 77.1 cm³/mol. The first-order valence-electron chi connectivity index (χ1n) is 6.49. The molecule has 2 N–H and O–H groups in total. The Balaban J connectivity index is 2.01. The third-order valence-corrected chi connectivity index (χ3v) is 4.39. The van der Waals surface area contributed by atoms with Gasteiger partial charge in [0.15, 0.2) is 0 Å². The summed E-state index contributed by atoms with van der Waals surface area (Å²) in [5.41, 5.74) is 1.01. The molecular weight excluding hydrogens is 244 g/mol. The minimum atomic E-state index is -0.404. The van der Waals surface area contributed by atoms with Gasteiger partial charge in [0.1, 0.15) is 0 Å². The topological polar surface area (TPSA) is 35.5 Å². The number of nitrogens with zero attached hydrogens (tertiary/aromatic N) is 1. The maximum Gasteiger partial charge on any atom is 0.0942 e. The van der Waals surface area contributed by atoms with Crippen molar-refractivity contribution in [3.8, 4) is 0 Å². The fourth-order valence-electron chi connectivity index (χ4n) is 2.37. The molecule has 4 heteroatoms. The Morgan fingerprint density at radius 3 is 2.39 bits per heavy atom. The Morgan fingerprint density at radius 2 is 1.83 bits per heavy atom. The second-order valence-electron chi connectivity index (χ2n) is 4.74. The van der Waals surface area contributed by atoms with E-state index in [0.29, 0.717) is 0 Å². The molecule has 100 valence electrons. The van der Waals surface area contributed by atoms with Crippen LogP contribution < -0.4 is 5.32 Å². The lowest BCUT2D eigenvalue weighted by Gasteiger charge is -2.35. The van der Waals surface area contributed by atoms with Gasteiger partial charge in [-0.25, -0.2) is 0 Å². The van der Waals surface area contributed by atoms with Gasteiger partial charge in [0.25, 0.3) is 0 Å². The van der Waals surface area contributed by atoms with Crippen LogP contribution in [-0.2, 0) is 0 Å². The summed E-state index contributed by atoms with van der Waals surface area (Å²) in [6.45, 7) is 6.17. The van der Waals surface area contributed by atoms with Crippen LogP contribution in [0.2, 0.25) is 0 Å². The van der Waals surface area contributed by atoms with E-state index in [-0.39, 0.29) is 6.04 Å². The maximum atomic E-state index is 10.4. The first kappa shape index (κ1) is 13.9. The van der Waals surface area contributed by atoms with Gasteiger partial charge in [0.2, 0.25) is 0 Å². The molecule has 0 bridgehead atoms. The van der Waals surface area contributed by atoms with Crippen molar-refractivity contribution in [2.45, 2.75) is 24.0 Å². The molecule has 1 heterocycles. The van der Waals surface area contributed by atoms with E-state index in [1.54, 1.807) is 11.8 Å². The van der Waals surface area contributed by atoms with Crippen LogP contribution in [0, 0.1) is 0 Å². The highest BCUT2D eigenvalue weighted by Gasteiger charge is 2.24. The number of hydrogen-bond donors (Lipinski definition) is 2. The predicted octanol–water partition coefficient (Wildman–Crippen LogP) is 1.74. The van der Waals surface area contributed by atoms with E-state index in [1.165, 1.54) is 4.90 Å². The second kappa shape index (κ2) is 6.57. The summed E-state index contributed by atoms with van der Waals surface area (Å²) in [6, 6.07) is 8.40. The van der Waals surface area contributed by atoms with Crippen LogP contribution in [-0.4, -0.2) is 48.5 Å². The van der Waals surface area contributed by atoms with E-state index in [2.05, 4.69) is 35.5 Å². The van der Waals surface area contributed by atoms with Gasteiger partial charge >= 0.3 is 0 Å². The molecule has 0 spiro atoms. The molecule has 0 aliphatic carbocycles. The average Bonchev–Trinajstić information content (AvgIpc) is 2.47. The Kier molecular flexibility index (Phi) is 5.06. The summed E-state index contributed by atoms with van der Waals surface area (Å²) in [5.74, 6) is 0. The van der Waals surface area contributed by atoms with Crippen molar-refractivity contribution in [2.24, 2.45) is 0 Å². The van der Waals surface area contributed by atoms with Crippen LogP contribution in [0.15, 0.2) is 29.2 Å². The van der Waals surface area contributed by atoms with Crippen molar-refractivity contribution >= 4 is 11.8 Å². The molecule has 18 heavy (non-hydrogen) atoms. The monoisotopic (exact) mass is 266 g/mol. The fraction of sp³-hybridized carbons (Fsp3) is 0.571. The molecule has 1 aliphatic rings. The van der Waals surface area contributed by atoms with Crippen LogP contribution >= 0.6 is 11.8 Å². The molecule has 0 radical (unpaired) electrons. The summed E-state index contributed by atoms with van der Waals surface area (Å²) < 4.78 is 0. The van der Waals surface area contributed by atoms with Crippen molar-refractivity contribution in [3.05, 3.63) is 29.8 Å². The number of thioether (sulfide) groups is 1.